The predicted octanol–water partition coefficient (Wildman–Crippen LogP) is 5.57. The van der Waals surface area contributed by atoms with Crippen LogP contribution in [0.4, 0.5) is 0 Å². The van der Waals surface area contributed by atoms with Crippen molar-refractivity contribution >= 4 is 22.9 Å². The number of hydrogen-bond acceptors (Lipinski definition) is 7. The molecule has 9 nitrogen and oxygen atoms in total. The van der Waals surface area contributed by atoms with Gasteiger partial charge in [-0.3, -0.25) is 14.4 Å². The topological polar surface area (TPSA) is 100.0 Å². The standard InChI is InChI=1S/C36H35N3O6/c1-26-35(41)39(33-14-7-6-13-32(33)37-26)21-22-44-31-12-8-11-29(23-31)36(42)38(20-19-34(40)43-2)24-27-15-17-30(18-16-27)45-25-28-9-4-3-5-10-28/h3-18,23H,19-22,24-25H2,1-2H3. The lowest BCUT2D eigenvalue weighted by Gasteiger charge is -2.23. The van der Waals surface area contributed by atoms with Crippen LogP contribution in [0, 0.1) is 6.92 Å². The molecule has 1 aromatic heterocycles. The van der Waals surface area contributed by atoms with Crippen molar-refractivity contribution < 1.29 is 23.8 Å². The molecule has 9 heteroatoms. The summed E-state index contributed by atoms with van der Waals surface area (Å²) >= 11 is 0. The van der Waals surface area contributed by atoms with Crippen molar-refractivity contribution in [3.05, 3.63) is 136 Å². The molecule has 45 heavy (non-hydrogen) atoms. The van der Waals surface area contributed by atoms with Crippen LogP contribution in [0.25, 0.3) is 11.0 Å². The van der Waals surface area contributed by atoms with Gasteiger partial charge in [0, 0.05) is 18.7 Å². The Morgan fingerprint density at radius 3 is 2.36 bits per heavy atom. The molecule has 0 fully saturated rings. The number of benzene rings is 4. The third kappa shape index (κ3) is 8.14. The summed E-state index contributed by atoms with van der Waals surface area (Å²) in [6.07, 6.45) is 0.0603. The maximum Gasteiger partial charge on any atom is 0.307 e. The monoisotopic (exact) mass is 605 g/mol. The summed E-state index contributed by atoms with van der Waals surface area (Å²) in [7, 11) is 1.33. The normalized spacial score (nSPS) is 10.8. The van der Waals surface area contributed by atoms with Crippen LogP contribution in [0.15, 0.2) is 108 Å². The molecular formula is C36H35N3O6. The number of rotatable bonds is 13. The zero-order valence-electron chi connectivity index (χ0n) is 25.3. The van der Waals surface area contributed by atoms with E-state index in [2.05, 4.69) is 4.98 Å². The lowest BCUT2D eigenvalue weighted by atomic mass is 10.1. The van der Waals surface area contributed by atoms with Gasteiger partial charge in [0.1, 0.15) is 30.4 Å². The van der Waals surface area contributed by atoms with Gasteiger partial charge in [0.25, 0.3) is 11.5 Å². The van der Waals surface area contributed by atoms with E-state index in [1.807, 2.05) is 78.9 Å². The number of para-hydroxylation sites is 2. The Kier molecular flexibility index (Phi) is 10.2. The molecule has 0 atom stereocenters. The van der Waals surface area contributed by atoms with Gasteiger partial charge in [0.05, 0.1) is 31.1 Å². The van der Waals surface area contributed by atoms with Crippen LogP contribution >= 0.6 is 0 Å². The van der Waals surface area contributed by atoms with Crippen molar-refractivity contribution in [1.82, 2.24) is 14.5 Å². The highest BCUT2D eigenvalue weighted by atomic mass is 16.5. The number of carbonyl (C=O) groups is 2. The quantitative estimate of drug-likeness (QED) is 0.162. The minimum atomic E-state index is -0.399. The van der Waals surface area contributed by atoms with Gasteiger partial charge in [-0.15, -0.1) is 0 Å². The van der Waals surface area contributed by atoms with E-state index in [1.54, 1.807) is 40.7 Å². The molecule has 0 N–H and O–H groups in total. The molecule has 5 rings (SSSR count). The number of ether oxygens (including phenoxy) is 3. The second kappa shape index (κ2) is 14.8. The van der Waals surface area contributed by atoms with Gasteiger partial charge >= 0.3 is 5.97 Å². The first kappa shape index (κ1) is 31.0. The number of nitrogens with zero attached hydrogens (tertiary/aromatic N) is 3. The van der Waals surface area contributed by atoms with Crippen molar-refractivity contribution in [2.45, 2.75) is 33.0 Å². The number of hydrogen-bond donors (Lipinski definition) is 0. The molecule has 0 saturated heterocycles. The Morgan fingerprint density at radius 1 is 0.822 bits per heavy atom. The lowest BCUT2D eigenvalue weighted by Crippen LogP contribution is -2.32. The average molecular weight is 606 g/mol. The van der Waals surface area contributed by atoms with Gasteiger partial charge in [0.15, 0.2) is 0 Å². The van der Waals surface area contributed by atoms with E-state index >= 15 is 0 Å². The third-order valence-electron chi connectivity index (χ3n) is 7.33. The molecule has 4 aromatic carbocycles. The SMILES string of the molecule is COC(=O)CCN(Cc1ccc(OCc2ccccc2)cc1)C(=O)c1cccc(OCCn2c(=O)c(C)nc3ccccc32)c1. The van der Waals surface area contributed by atoms with E-state index in [0.29, 0.717) is 30.2 Å². The van der Waals surface area contributed by atoms with Crippen molar-refractivity contribution in [3.8, 4) is 11.5 Å². The second-order valence-corrected chi connectivity index (χ2v) is 10.5. The van der Waals surface area contributed by atoms with E-state index < -0.39 is 5.97 Å². The Balaban J connectivity index is 1.25. The summed E-state index contributed by atoms with van der Waals surface area (Å²) < 4.78 is 18.3. The molecule has 0 aliphatic rings. The number of fused-ring (bicyclic) bond motifs is 1. The van der Waals surface area contributed by atoms with Crippen molar-refractivity contribution in [3.63, 3.8) is 0 Å². The van der Waals surface area contributed by atoms with Gasteiger partial charge in [-0.25, -0.2) is 4.98 Å². The van der Waals surface area contributed by atoms with Crippen LogP contribution in [0.3, 0.4) is 0 Å². The minimum Gasteiger partial charge on any atom is -0.492 e. The van der Waals surface area contributed by atoms with Crippen LogP contribution in [0.2, 0.25) is 0 Å². The fourth-order valence-electron chi connectivity index (χ4n) is 4.93. The Labute approximate surface area is 261 Å². The number of amides is 1. The molecule has 0 saturated carbocycles. The zero-order valence-corrected chi connectivity index (χ0v) is 25.3. The smallest absolute Gasteiger partial charge is 0.307 e. The summed E-state index contributed by atoms with van der Waals surface area (Å²) in [6, 6.07) is 31.8. The van der Waals surface area contributed by atoms with Gasteiger partial charge in [-0.1, -0.05) is 60.7 Å². The zero-order chi connectivity index (χ0) is 31.6. The maximum atomic E-state index is 13.7. The Morgan fingerprint density at radius 2 is 1.58 bits per heavy atom. The van der Waals surface area contributed by atoms with Crippen LogP contribution in [-0.4, -0.2) is 46.6 Å². The van der Waals surface area contributed by atoms with E-state index in [0.717, 1.165) is 27.9 Å². The van der Waals surface area contributed by atoms with Crippen molar-refractivity contribution in [2.75, 3.05) is 20.3 Å². The number of aryl methyl sites for hydroxylation is 1. The molecule has 0 bridgehead atoms. The van der Waals surface area contributed by atoms with Crippen LogP contribution in [0.1, 0.15) is 33.6 Å². The fraction of sp³-hybridized carbons (Fsp3) is 0.222. The summed E-state index contributed by atoms with van der Waals surface area (Å²) in [6.45, 7) is 3.16. The summed E-state index contributed by atoms with van der Waals surface area (Å²) in [5.74, 6) is 0.568. The number of esters is 1. The molecule has 0 aliphatic carbocycles. The van der Waals surface area contributed by atoms with Gasteiger partial charge in [-0.05, 0) is 60.5 Å². The van der Waals surface area contributed by atoms with Crippen LogP contribution in [0.5, 0.6) is 11.5 Å². The molecule has 0 radical (unpaired) electrons. The Hall–Kier alpha value is -5.44. The summed E-state index contributed by atoms with van der Waals surface area (Å²) in [5.41, 5.74) is 4.10. The highest BCUT2D eigenvalue weighted by Crippen LogP contribution is 2.20. The van der Waals surface area contributed by atoms with Crippen LogP contribution < -0.4 is 15.0 Å². The molecule has 1 amide bonds. The highest BCUT2D eigenvalue weighted by molar-refractivity contribution is 5.94. The van der Waals surface area contributed by atoms with E-state index in [-0.39, 0.29) is 37.6 Å². The Bertz CT molecular complexity index is 1820. The molecule has 230 valence electrons. The molecule has 0 aliphatic heterocycles. The second-order valence-electron chi connectivity index (χ2n) is 10.5. The van der Waals surface area contributed by atoms with Crippen molar-refractivity contribution in [1.29, 1.82) is 0 Å². The lowest BCUT2D eigenvalue weighted by molar-refractivity contribution is -0.140. The third-order valence-corrected chi connectivity index (χ3v) is 7.33. The summed E-state index contributed by atoms with van der Waals surface area (Å²) in [5, 5.41) is 0. The van der Waals surface area contributed by atoms with E-state index in [4.69, 9.17) is 14.2 Å². The molecule has 1 heterocycles. The van der Waals surface area contributed by atoms with Gasteiger partial charge in [0.2, 0.25) is 0 Å². The summed E-state index contributed by atoms with van der Waals surface area (Å²) in [4.78, 5) is 44.4. The van der Waals surface area contributed by atoms with E-state index in [1.165, 1.54) is 7.11 Å². The van der Waals surface area contributed by atoms with E-state index in [9.17, 15) is 14.4 Å². The average Bonchev–Trinajstić information content (AvgIpc) is 3.08. The minimum absolute atomic E-state index is 0.0603. The number of aromatic nitrogens is 2. The van der Waals surface area contributed by atoms with Gasteiger partial charge < -0.3 is 23.7 Å². The molecule has 0 spiro atoms. The molecule has 0 unspecified atom stereocenters. The maximum absolute atomic E-state index is 13.7. The van der Waals surface area contributed by atoms with Crippen LogP contribution in [-0.2, 0) is 29.2 Å². The first-order chi connectivity index (χ1) is 21.9. The first-order valence-corrected chi connectivity index (χ1v) is 14.7. The number of methoxy groups -OCH3 is 1. The highest BCUT2D eigenvalue weighted by Gasteiger charge is 2.19. The fourth-order valence-corrected chi connectivity index (χ4v) is 4.93. The molecular weight excluding hydrogens is 570 g/mol. The largest absolute Gasteiger partial charge is 0.492 e. The predicted molar refractivity (Wildman–Crippen MR) is 171 cm³/mol. The first-order valence-electron chi connectivity index (χ1n) is 14.7. The molecule has 5 aromatic rings. The van der Waals surface area contributed by atoms with Crippen molar-refractivity contribution in [2.24, 2.45) is 0 Å². The van der Waals surface area contributed by atoms with Gasteiger partial charge in [-0.2, -0.15) is 0 Å². The number of carbonyl (C=O) groups excluding carboxylic acids is 2.